The summed E-state index contributed by atoms with van der Waals surface area (Å²) in [7, 11) is 2.16. The van der Waals surface area contributed by atoms with E-state index in [1.54, 1.807) is 6.20 Å². The molecule has 0 saturated carbocycles. The zero-order valence-corrected chi connectivity index (χ0v) is 13.5. The van der Waals surface area contributed by atoms with Crippen LogP contribution in [0.1, 0.15) is 29.5 Å². The highest BCUT2D eigenvalue weighted by molar-refractivity contribution is 5.96. The summed E-state index contributed by atoms with van der Waals surface area (Å²) < 4.78 is 0. The van der Waals surface area contributed by atoms with Gasteiger partial charge in [0.1, 0.15) is 6.07 Å². The number of anilines is 1. The molecule has 0 spiro atoms. The normalized spacial score (nSPS) is 16.6. The summed E-state index contributed by atoms with van der Waals surface area (Å²) in [6.07, 6.45) is 3.91. The van der Waals surface area contributed by atoms with Crippen LogP contribution in [0.4, 0.5) is 5.69 Å². The number of aromatic nitrogens is 1. The molecular formula is C18H22N4. The average molecular weight is 294 g/mol. The van der Waals surface area contributed by atoms with Crippen molar-refractivity contribution in [3.8, 4) is 6.07 Å². The number of rotatable bonds is 2. The molecule has 1 aromatic carbocycles. The Hall–Kier alpha value is -2.12. The lowest BCUT2D eigenvalue weighted by molar-refractivity contribution is 0.264. The number of pyridine rings is 1. The summed E-state index contributed by atoms with van der Waals surface area (Å²) in [4.78, 5) is 6.84. The first kappa shape index (κ1) is 14.8. The Kier molecular flexibility index (Phi) is 4.00. The molecule has 0 amide bonds. The minimum Gasteiger partial charge on any atom is -0.381 e. The van der Waals surface area contributed by atoms with Gasteiger partial charge in [0.05, 0.1) is 16.8 Å². The molecule has 0 bridgehead atoms. The molecule has 22 heavy (non-hydrogen) atoms. The van der Waals surface area contributed by atoms with Crippen LogP contribution in [0.3, 0.4) is 0 Å². The van der Waals surface area contributed by atoms with Crippen LogP contribution in [-0.4, -0.2) is 36.1 Å². The number of fused-ring (bicyclic) bond motifs is 1. The van der Waals surface area contributed by atoms with Gasteiger partial charge in [0.15, 0.2) is 0 Å². The molecule has 1 aliphatic heterocycles. The monoisotopic (exact) mass is 294 g/mol. The third-order valence-corrected chi connectivity index (χ3v) is 4.49. The van der Waals surface area contributed by atoms with Gasteiger partial charge in [-0.2, -0.15) is 5.26 Å². The topological polar surface area (TPSA) is 52.0 Å². The van der Waals surface area contributed by atoms with Crippen LogP contribution >= 0.6 is 0 Å². The summed E-state index contributed by atoms with van der Waals surface area (Å²) in [6.45, 7) is 6.36. The number of nitrogens with one attached hydrogen (secondary N) is 1. The standard InChI is InChI=1S/C18H22N4/c1-12-8-13(2)17-16(9-12)18(14(10-19)11-20-17)21-15-4-6-22(3)7-5-15/h8-9,11,15H,4-7H2,1-3H3,(H,20,21). The second kappa shape index (κ2) is 5.94. The summed E-state index contributed by atoms with van der Waals surface area (Å²) >= 11 is 0. The maximum absolute atomic E-state index is 9.45. The van der Waals surface area contributed by atoms with Crippen molar-refractivity contribution in [3.63, 3.8) is 0 Å². The first-order valence-electron chi connectivity index (χ1n) is 7.83. The molecule has 3 rings (SSSR count). The Morgan fingerprint density at radius 1 is 1.27 bits per heavy atom. The van der Waals surface area contributed by atoms with Crippen molar-refractivity contribution < 1.29 is 0 Å². The number of nitriles is 1. The summed E-state index contributed by atoms with van der Waals surface area (Å²) in [5.74, 6) is 0. The van der Waals surface area contributed by atoms with Gasteiger partial charge in [0.25, 0.3) is 0 Å². The maximum atomic E-state index is 9.45. The van der Waals surface area contributed by atoms with E-state index in [0.717, 1.165) is 48.1 Å². The van der Waals surface area contributed by atoms with Gasteiger partial charge >= 0.3 is 0 Å². The van der Waals surface area contributed by atoms with Crippen LogP contribution < -0.4 is 5.32 Å². The SMILES string of the molecule is Cc1cc(C)c2ncc(C#N)c(NC3CCN(C)CC3)c2c1. The van der Waals surface area contributed by atoms with Gasteiger partial charge in [0.2, 0.25) is 0 Å². The number of hydrogen-bond donors (Lipinski definition) is 1. The van der Waals surface area contributed by atoms with Crippen LogP contribution in [0.5, 0.6) is 0 Å². The van der Waals surface area contributed by atoms with Crippen molar-refractivity contribution in [1.82, 2.24) is 9.88 Å². The van der Waals surface area contributed by atoms with E-state index in [1.807, 2.05) is 0 Å². The first-order valence-corrected chi connectivity index (χ1v) is 7.83. The Balaban J connectivity index is 2.04. The lowest BCUT2D eigenvalue weighted by Gasteiger charge is -2.30. The fourth-order valence-corrected chi connectivity index (χ4v) is 3.26. The molecule has 0 atom stereocenters. The number of aryl methyl sites for hydroxylation is 2. The highest BCUT2D eigenvalue weighted by Gasteiger charge is 2.19. The van der Waals surface area contributed by atoms with Gasteiger partial charge in [-0.05, 0) is 58.5 Å². The summed E-state index contributed by atoms with van der Waals surface area (Å²) in [5.41, 5.74) is 4.93. The van der Waals surface area contributed by atoms with Crippen LogP contribution in [0.2, 0.25) is 0 Å². The van der Waals surface area contributed by atoms with Gasteiger partial charge in [-0.3, -0.25) is 4.98 Å². The quantitative estimate of drug-likeness (QED) is 0.924. The van der Waals surface area contributed by atoms with Crippen molar-refractivity contribution in [2.75, 3.05) is 25.5 Å². The zero-order chi connectivity index (χ0) is 15.7. The molecule has 1 saturated heterocycles. The number of likely N-dealkylation sites (tertiary alicyclic amines) is 1. The predicted molar refractivity (Wildman–Crippen MR) is 90.1 cm³/mol. The first-order chi connectivity index (χ1) is 10.6. The van der Waals surface area contributed by atoms with E-state index >= 15 is 0 Å². The Morgan fingerprint density at radius 2 is 2.00 bits per heavy atom. The van der Waals surface area contributed by atoms with Gasteiger partial charge in [-0.15, -0.1) is 0 Å². The summed E-state index contributed by atoms with van der Waals surface area (Å²) in [6, 6.07) is 6.99. The van der Waals surface area contributed by atoms with Crippen LogP contribution in [-0.2, 0) is 0 Å². The highest BCUT2D eigenvalue weighted by Crippen LogP contribution is 2.30. The lowest BCUT2D eigenvalue weighted by atomic mass is 10.0. The predicted octanol–water partition coefficient (Wildman–Crippen LogP) is 3.23. The maximum Gasteiger partial charge on any atom is 0.103 e. The smallest absolute Gasteiger partial charge is 0.103 e. The van der Waals surface area contributed by atoms with Crippen molar-refractivity contribution in [3.05, 3.63) is 35.0 Å². The van der Waals surface area contributed by atoms with E-state index < -0.39 is 0 Å². The Labute approximate surface area is 131 Å². The molecule has 0 unspecified atom stereocenters. The molecule has 2 heterocycles. The number of benzene rings is 1. The molecule has 0 radical (unpaired) electrons. The number of hydrogen-bond acceptors (Lipinski definition) is 4. The molecule has 1 aliphatic rings. The Morgan fingerprint density at radius 3 is 2.68 bits per heavy atom. The second-order valence-electron chi connectivity index (χ2n) is 6.36. The van der Waals surface area contributed by atoms with E-state index in [4.69, 9.17) is 0 Å². The van der Waals surface area contributed by atoms with Crippen LogP contribution in [0.25, 0.3) is 10.9 Å². The largest absolute Gasteiger partial charge is 0.381 e. The molecular weight excluding hydrogens is 272 g/mol. The molecule has 1 aromatic heterocycles. The van der Waals surface area contributed by atoms with Crippen molar-refractivity contribution >= 4 is 16.6 Å². The van der Waals surface area contributed by atoms with Gasteiger partial charge in [0, 0.05) is 17.6 Å². The van der Waals surface area contributed by atoms with Crippen LogP contribution in [0.15, 0.2) is 18.3 Å². The van der Waals surface area contributed by atoms with Gasteiger partial charge in [-0.25, -0.2) is 0 Å². The molecule has 4 nitrogen and oxygen atoms in total. The minimum absolute atomic E-state index is 0.426. The Bertz CT molecular complexity index is 737. The third kappa shape index (κ3) is 2.77. The molecule has 2 aromatic rings. The summed E-state index contributed by atoms with van der Waals surface area (Å²) in [5, 5.41) is 14.1. The number of nitrogens with zero attached hydrogens (tertiary/aromatic N) is 3. The number of piperidine rings is 1. The fourth-order valence-electron chi connectivity index (χ4n) is 3.26. The van der Waals surface area contributed by atoms with Gasteiger partial charge in [-0.1, -0.05) is 11.6 Å². The minimum atomic E-state index is 0.426. The molecule has 1 fully saturated rings. The zero-order valence-electron chi connectivity index (χ0n) is 13.5. The molecule has 0 aliphatic carbocycles. The average Bonchev–Trinajstić information content (AvgIpc) is 2.50. The van der Waals surface area contributed by atoms with E-state index in [1.165, 1.54) is 5.56 Å². The second-order valence-corrected chi connectivity index (χ2v) is 6.36. The molecule has 114 valence electrons. The van der Waals surface area contributed by atoms with Crippen LogP contribution in [0, 0.1) is 25.2 Å². The van der Waals surface area contributed by atoms with E-state index in [9.17, 15) is 5.26 Å². The molecule has 1 N–H and O–H groups in total. The van der Waals surface area contributed by atoms with E-state index in [0.29, 0.717) is 11.6 Å². The fraction of sp³-hybridized carbons (Fsp3) is 0.444. The van der Waals surface area contributed by atoms with E-state index in [-0.39, 0.29) is 0 Å². The van der Waals surface area contributed by atoms with E-state index in [2.05, 4.69) is 54.3 Å². The third-order valence-electron chi connectivity index (χ3n) is 4.49. The lowest BCUT2D eigenvalue weighted by Crippen LogP contribution is -2.36. The van der Waals surface area contributed by atoms with Crippen molar-refractivity contribution in [1.29, 1.82) is 5.26 Å². The highest BCUT2D eigenvalue weighted by atomic mass is 15.1. The van der Waals surface area contributed by atoms with Crippen molar-refractivity contribution in [2.24, 2.45) is 0 Å². The van der Waals surface area contributed by atoms with Gasteiger partial charge < -0.3 is 10.2 Å². The molecule has 4 heteroatoms. The van der Waals surface area contributed by atoms with Crippen molar-refractivity contribution in [2.45, 2.75) is 32.7 Å².